The zero-order valence-corrected chi connectivity index (χ0v) is 16.6. The van der Waals surface area contributed by atoms with Crippen molar-refractivity contribution in [3.05, 3.63) is 36.1 Å². The summed E-state index contributed by atoms with van der Waals surface area (Å²) >= 11 is 0. The second kappa shape index (κ2) is 8.04. The van der Waals surface area contributed by atoms with Crippen LogP contribution in [0.2, 0.25) is 0 Å². The molecule has 2 aromatic rings. The summed E-state index contributed by atoms with van der Waals surface area (Å²) in [6.07, 6.45) is 2.68. The summed E-state index contributed by atoms with van der Waals surface area (Å²) in [4.78, 5) is 38.7. The molecule has 4 amide bonds. The molecule has 0 radical (unpaired) electrons. The Kier molecular flexibility index (Phi) is 5.72. The first-order valence-electron chi connectivity index (χ1n) is 9.82. The molecule has 1 aromatic carbocycles. The number of nitrogens with one attached hydrogen (secondary N) is 2. The smallest absolute Gasteiger partial charge is 0.325 e. The van der Waals surface area contributed by atoms with Crippen LogP contribution in [0.4, 0.5) is 4.79 Å². The van der Waals surface area contributed by atoms with Crippen LogP contribution in [0.1, 0.15) is 58.3 Å². The van der Waals surface area contributed by atoms with Gasteiger partial charge in [-0.15, -0.1) is 0 Å². The number of imide groups is 1. The molecule has 1 aliphatic rings. The first-order chi connectivity index (χ1) is 13.4. The first kappa shape index (κ1) is 19.9. The Hall–Kier alpha value is -2.83. The highest BCUT2D eigenvalue weighted by atomic mass is 16.3. The van der Waals surface area contributed by atoms with Crippen molar-refractivity contribution in [1.29, 1.82) is 0 Å². The second-order valence-corrected chi connectivity index (χ2v) is 7.38. The van der Waals surface area contributed by atoms with Gasteiger partial charge in [0.15, 0.2) is 0 Å². The fourth-order valence-corrected chi connectivity index (χ4v) is 3.85. The van der Waals surface area contributed by atoms with Gasteiger partial charge in [0, 0.05) is 5.39 Å². The van der Waals surface area contributed by atoms with Crippen molar-refractivity contribution in [3.8, 4) is 0 Å². The number of benzene rings is 1. The van der Waals surface area contributed by atoms with E-state index in [1.165, 1.54) is 0 Å². The summed E-state index contributed by atoms with van der Waals surface area (Å²) in [6, 6.07) is 8.60. The Bertz CT molecular complexity index is 850. The van der Waals surface area contributed by atoms with Crippen molar-refractivity contribution in [2.45, 2.75) is 58.0 Å². The molecule has 0 spiro atoms. The lowest BCUT2D eigenvalue weighted by molar-refractivity contribution is -0.135. The average Bonchev–Trinajstić information content (AvgIpc) is 3.18. The number of furan rings is 1. The van der Waals surface area contributed by atoms with Gasteiger partial charge in [-0.3, -0.25) is 14.5 Å². The zero-order valence-electron chi connectivity index (χ0n) is 16.6. The maximum Gasteiger partial charge on any atom is 0.325 e. The topological polar surface area (TPSA) is 91.7 Å². The molecular weight excluding hydrogens is 358 g/mol. The normalized spacial score (nSPS) is 17.0. The van der Waals surface area contributed by atoms with E-state index in [9.17, 15) is 14.4 Å². The molecule has 7 nitrogen and oxygen atoms in total. The Morgan fingerprint density at radius 2 is 1.89 bits per heavy atom. The third-order valence-electron chi connectivity index (χ3n) is 5.15. The molecule has 1 fully saturated rings. The van der Waals surface area contributed by atoms with E-state index in [0.29, 0.717) is 18.6 Å². The van der Waals surface area contributed by atoms with Crippen LogP contribution in [-0.2, 0) is 9.59 Å². The Morgan fingerprint density at radius 1 is 1.21 bits per heavy atom. The van der Waals surface area contributed by atoms with Crippen LogP contribution in [0.5, 0.6) is 0 Å². The van der Waals surface area contributed by atoms with Crippen LogP contribution in [0.25, 0.3) is 11.0 Å². The summed E-state index contributed by atoms with van der Waals surface area (Å²) in [5.74, 6) is -0.0916. The monoisotopic (exact) mass is 385 g/mol. The summed E-state index contributed by atoms with van der Waals surface area (Å²) < 4.78 is 5.77. The van der Waals surface area contributed by atoms with Gasteiger partial charge in [-0.25, -0.2) is 4.79 Å². The Balaban J connectivity index is 1.66. The minimum Gasteiger partial charge on any atom is -0.459 e. The molecule has 0 unspecified atom stereocenters. The van der Waals surface area contributed by atoms with Gasteiger partial charge in [0.05, 0.1) is 6.04 Å². The van der Waals surface area contributed by atoms with Crippen LogP contribution < -0.4 is 10.6 Å². The van der Waals surface area contributed by atoms with E-state index in [1.807, 2.05) is 44.2 Å². The predicted octanol–water partition coefficient (Wildman–Crippen LogP) is 3.50. The Morgan fingerprint density at radius 3 is 2.54 bits per heavy atom. The van der Waals surface area contributed by atoms with Gasteiger partial charge in [-0.2, -0.15) is 0 Å². The molecule has 2 N–H and O–H groups in total. The Labute approximate surface area is 164 Å². The van der Waals surface area contributed by atoms with Crippen molar-refractivity contribution in [2.24, 2.45) is 0 Å². The van der Waals surface area contributed by atoms with Crippen molar-refractivity contribution in [3.63, 3.8) is 0 Å². The van der Waals surface area contributed by atoms with E-state index in [-0.39, 0.29) is 18.5 Å². The van der Waals surface area contributed by atoms with E-state index in [0.717, 1.165) is 28.7 Å². The summed E-state index contributed by atoms with van der Waals surface area (Å²) in [5.41, 5.74) is -0.137. The van der Waals surface area contributed by atoms with E-state index in [1.54, 1.807) is 6.92 Å². The molecule has 2 heterocycles. The van der Waals surface area contributed by atoms with Gasteiger partial charge in [0.25, 0.3) is 5.91 Å². The van der Waals surface area contributed by atoms with Crippen LogP contribution in [0, 0.1) is 0 Å². The molecule has 0 aliphatic carbocycles. The largest absolute Gasteiger partial charge is 0.459 e. The molecule has 3 rings (SSSR count). The number of nitrogens with zero attached hydrogens (tertiary/aromatic N) is 1. The second-order valence-electron chi connectivity index (χ2n) is 7.38. The van der Waals surface area contributed by atoms with Crippen molar-refractivity contribution < 1.29 is 18.8 Å². The number of urea groups is 1. The van der Waals surface area contributed by atoms with Gasteiger partial charge >= 0.3 is 6.03 Å². The van der Waals surface area contributed by atoms with E-state index < -0.39 is 17.5 Å². The van der Waals surface area contributed by atoms with E-state index >= 15 is 0 Å². The lowest BCUT2D eigenvalue weighted by atomic mass is 9.88. The maximum atomic E-state index is 12.9. The minimum absolute atomic E-state index is 0.301. The highest BCUT2D eigenvalue weighted by Gasteiger charge is 2.50. The van der Waals surface area contributed by atoms with Gasteiger partial charge in [0.2, 0.25) is 5.91 Å². The lowest BCUT2D eigenvalue weighted by Crippen LogP contribution is -2.47. The molecule has 28 heavy (non-hydrogen) atoms. The molecule has 1 saturated heterocycles. The molecule has 1 aliphatic heterocycles. The quantitative estimate of drug-likeness (QED) is 0.680. The van der Waals surface area contributed by atoms with Crippen molar-refractivity contribution in [1.82, 2.24) is 15.5 Å². The fraction of sp³-hybridized carbons (Fsp3) is 0.476. The number of hydrogen-bond donors (Lipinski definition) is 2. The zero-order chi connectivity index (χ0) is 20.3. The molecule has 150 valence electrons. The number of para-hydroxylation sites is 1. The number of amides is 4. The van der Waals surface area contributed by atoms with Crippen molar-refractivity contribution >= 4 is 28.8 Å². The number of carbonyl (C=O) groups is 3. The molecular formula is C21H27N3O4. The molecule has 0 bridgehead atoms. The predicted molar refractivity (Wildman–Crippen MR) is 106 cm³/mol. The minimum atomic E-state index is -0.884. The summed E-state index contributed by atoms with van der Waals surface area (Å²) in [5, 5.41) is 6.58. The van der Waals surface area contributed by atoms with Crippen LogP contribution in [0.3, 0.4) is 0 Å². The number of carbonyl (C=O) groups excluding carboxylic acids is 3. The molecule has 0 saturated carbocycles. The van der Waals surface area contributed by atoms with E-state index in [4.69, 9.17) is 4.42 Å². The highest BCUT2D eigenvalue weighted by Crippen LogP contribution is 2.28. The van der Waals surface area contributed by atoms with Gasteiger partial charge in [-0.1, -0.05) is 44.9 Å². The van der Waals surface area contributed by atoms with Crippen LogP contribution >= 0.6 is 0 Å². The van der Waals surface area contributed by atoms with Gasteiger partial charge < -0.3 is 15.1 Å². The first-order valence-corrected chi connectivity index (χ1v) is 9.82. The molecule has 1 atom stereocenters. The standard InChI is InChI=1S/C21H27N3O4/c1-4-10-21(11-5-2)19(26)24(20(27)23-21)13-18(25)22-14(3)17-12-15-8-6-7-9-16(15)28-17/h6-9,12,14H,4-5,10-11,13H2,1-3H3,(H,22,25)(H,23,27)/t14-/m0/s1. The number of hydrogen-bond acceptors (Lipinski definition) is 4. The number of fused-ring (bicyclic) bond motifs is 1. The lowest BCUT2D eigenvalue weighted by Gasteiger charge is -2.25. The highest BCUT2D eigenvalue weighted by molar-refractivity contribution is 6.09. The third kappa shape index (κ3) is 3.74. The SMILES string of the molecule is CCCC1(CCC)NC(=O)N(CC(=O)N[C@@H](C)c2cc3ccccc3o2)C1=O. The van der Waals surface area contributed by atoms with Crippen LogP contribution in [0.15, 0.2) is 34.7 Å². The number of rotatable bonds is 8. The molecule has 7 heteroatoms. The van der Waals surface area contributed by atoms with Gasteiger partial charge in [0.1, 0.15) is 23.4 Å². The third-order valence-corrected chi connectivity index (χ3v) is 5.15. The summed E-state index contributed by atoms with van der Waals surface area (Å²) in [6.45, 7) is 5.45. The van der Waals surface area contributed by atoms with Gasteiger partial charge in [-0.05, 0) is 31.9 Å². The average molecular weight is 385 g/mol. The van der Waals surface area contributed by atoms with Crippen molar-refractivity contribution in [2.75, 3.05) is 6.54 Å². The summed E-state index contributed by atoms with van der Waals surface area (Å²) in [7, 11) is 0. The molecule has 1 aromatic heterocycles. The fourth-order valence-electron chi connectivity index (χ4n) is 3.85. The van der Waals surface area contributed by atoms with Crippen LogP contribution in [-0.4, -0.2) is 34.8 Å². The maximum absolute atomic E-state index is 12.9. The van der Waals surface area contributed by atoms with E-state index in [2.05, 4.69) is 10.6 Å².